The molecule has 1 aliphatic heterocycles. The number of ketones is 1. The molecule has 0 aromatic heterocycles. The summed E-state index contributed by atoms with van der Waals surface area (Å²) in [6.45, 7) is 2.74. The van der Waals surface area contributed by atoms with E-state index in [0.29, 0.717) is 35.3 Å². The number of carbonyl (C=O) groups is 2. The predicted octanol–water partition coefficient (Wildman–Crippen LogP) is 2.90. The van der Waals surface area contributed by atoms with Gasteiger partial charge >= 0.3 is 5.97 Å². The number of methoxy groups -OCH3 is 1. The van der Waals surface area contributed by atoms with Crippen LogP contribution in [0.2, 0.25) is 5.02 Å². The van der Waals surface area contributed by atoms with Crippen molar-refractivity contribution in [2.45, 2.75) is 19.8 Å². The monoisotopic (exact) mass is 308 g/mol. The largest absolute Gasteiger partial charge is 0.491 e. The van der Waals surface area contributed by atoms with Crippen molar-refractivity contribution in [1.82, 2.24) is 0 Å². The van der Waals surface area contributed by atoms with Gasteiger partial charge in [-0.25, -0.2) is 0 Å². The van der Waals surface area contributed by atoms with Crippen molar-refractivity contribution in [2.24, 2.45) is 17.8 Å². The van der Waals surface area contributed by atoms with E-state index < -0.39 is 0 Å². The maximum atomic E-state index is 12.5. The van der Waals surface area contributed by atoms with Crippen LogP contribution in [-0.4, -0.2) is 25.5 Å². The van der Waals surface area contributed by atoms with Gasteiger partial charge in [0.15, 0.2) is 5.78 Å². The molecule has 1 aliphatic carbocycles. The Morgan fingerprint density at radius 2 is 2.10 bits per heavy atom. The number of ether oxygens (including phenoxy) is 2. The zero-order chi connectivity index (χ0) is 15.1. The zero-order valence-electron chi connectivity index (χ0n) is 12.0. The maximum absolute atomic E-state index is 12.5. The summed E-state index contributed by atoms with van der Waals surface area (Å²) >= 11 is 6.22. The first-order valence-corrected chi connectivity index (χ1v) is 7.46. The molecular weight excluding hydrogens is 292 g/mol. The van der Waals surface area contributed by atoms with Crippen molar-refractivity contribution in [1.29, 1.82) is 0 Å². The van der Waals surface area contributed by atoms with E-state index in [1.807, 2.05) is 6.07 Å². The molecule has 3 rings (SSSR count). The Bertz CT molecular complexity index is 611. The van der Waals surface area contributed by atoms with Crippen molar-refractivity contribution in [2.75, 3.05) is 13.7 Å². The smallest absolute Gasteiger partial charge is 0.309 e. The lowest BCUT2D eigenvalue weighted by molar-refractivity contribution is -0.142. The fourth-order valence-electron chi connectivity index (χ4n) is 2.88. The van der Waals surface area contributed by atoms with Crippen molar-refractivity contribution >= 4 is 23.4 Å². The molecule has 0 bridgehead atoms. The van der Waals surface area contributed by atoms with Crippen LogP contribution in [-0.2, 0) is 16.0 Å². The summed E-state index contributed by atoms with van der Waals surface area (Å²) < 4.78 is 10.3. The number of hydrogen-bond donors (Lipinski definition) is 0. The number of fused-ring (bicyclic) bond motifs is 1. The van der Waals surface area contributed by atoms with Gasteiger partial charge in [0.1, 0.15) is 5.75 Å². The van der Waals surface area contributed by atoms with Crippen molar-refractivity contribution in [3.8, 4) is 5.75 Å². The molecule has 1 unspecified atom stereocenters. The number of Topliss-reactive ketones (excluding diaryl/α,β-unsaturated/α-hetero) is 1. The molecule has 1 saturated carbocycles. The molecule has 4 nitrogen and oxygen atoms in total. The molecular formula is C16H17ClO4. The molecule has 5 heteroatoms. The van der Waals surface area contributed by atoms with E-state index in [1.54, 1.807) is 6.07 Å². The first kappa shape index (κ1) is 14.4. The summed E-state index contributed by atoms with van der Waals surface area (Å²) in [6, 6.07) is 3.50. The third-order valence-electron chi connectivity index (χ3n) is 4.12. The van der Waals surface area contributed by atoms with Crippen molar-refractivity contribution < 1.29 is 19.1 Å². The quantitative estimate of drug-likeness (QED) is 0.636. The molecule has 0 saturated heterocycles. The summed E-state index contributed by atoms with van der Waals surface area (Å²) in [5.74, 6) is 0.179. The second-order valence-electron chi connectivity index (χ2n) is 5.90. The van der Waals surface area contributed by atoms with E-state index in [0.717, 1.165) is 12.0 Å². The standard InChI is InChI=1S/C16H17ClO4/c1-8-3-10-4-9(5-13(17)15(10)21-7-8)14(18)11-6-12(11)16(19)20-2/h4-5,8,11-12H,3,6-7H2,1-2H3/t8?,11-,12-/m0/s1. The van der Waals surface area contributed by atoms with Gasteiger partial charge in [-0.1, -0.05) is 18.5 Å². The topological polar surface area (TPSA) is 52.6 Å². The van der Waals surface area contributed by atoms with E-state index in [2.05, 4.69) is 11.7 Å². The van der Waals surface area contributed by atoms with Crippen LogP contribution in [0.3, 0.4) is 0 Å². The Kier molecular flexibility index (Phi) is 3.66. The van der Waals surface area contributed by atoms with E-state index in [4.69, 9.17) is 16.3 Å². The highest BCUT2D eigenvalue weighted by molar-refractivity contribution is 6.32. The lowest BCUT2D eigenvalue weighted by atomic mass is 9.94. The van der Waals surface area contributed by atoms with Gasteiger partial charge < -0.3 is 9.47 Å². The maximum Gasteiger partial charge on any atom is 0.309 e. The van der Waals surface area contributed by atoms with Gasteiger partial charge in [-0.15, -0.1) is 0 Å². The predicted molar refractivity (Wildman–Crippen MR) is 77.8 cm³/mol. The average Bonchev–Trinajstić information content (AvgIpc) is 3.25. The van der Waals surface area contributed by atoms with Crippen molar-refractivity contribution in [3.05, 3.63) is 28.3 Å². The molecule has 1 aromatic carbocycles. The number of halogens is 1. The van der Waals surface area contributed by atoms with Gasteiger partial charge in [0.25, 0.3) is 0 Å². The molecule has 112 valence electrons. The highest BCUT2D eigenvalue weighted by Crippen LogP contribution is 2.43. The van der Waals surface area contributed by atoms with Crippen LogP contribution < -0.4 is 4.74 Å². The van der Waals surface area contributed by atoms with Crippen LogP contribution in [0.15, 0.2) is 12.1 Å². The van der Waals surface area contributed by atoms with Gasteiger partial charge in [0.05, 0.1) is 24.7 Å². The van der Waals surface area contributed by atoms with Gasteiger partial charge in [0.2, 0.25) is 0 Å². The van der Waals surface area contributed by atoms with Crippen molar-refractivity contribution in [3.63, 3.8) is 0 Å². The van der Waals surface area contributed by atoms with E-state index in [9.17, 15) is 9.59 Å². The first-order valence-electron chi connectivity index (χ1n) is 7.08. The molecule has 2 aliphatic rings. The van der Waals surface area contributed by atoms with Crippen LogP contribution >= 0.6 is 11.6 Å². The van der Waals surface area contributed by atoms with Crippen LogP contribution in [0.1, 0.15) is 29.3 Å². The molecule has 1 fully saturated rings. The summed E-state index contributed by atoms with van der Waals surface area (Å²) in [7, 11) is 1.34. The zero-order valence-corrected chi connectivity index (χ0v) is 12.8. The first-order chi connectivity index (χ1) is 10.0. The Hall–Kier alpha value is -1.55. The van der Waals surface area contributed by atoms with E-state index in [1.165, 1.54) is 7.11 Å². The molecule has 1 heterocycles. The third kappa shape index (κ3) is 2.64. The third-order valence-corrected chi connectivity index (χ3v) is 4.40. The van der Waals surface area contributed by atoms with Gasteiger partial charge in [-0.2, -0.15) is 0 Å². The Morgan fingerprint density at radius 1 is 1.33 bits per heavy atom. The number of carbonyl (C=O) groups excluding carboxylic acids is 2. The van der Waals surface area contributed by atoms with Crippen LogP contribution in [0.5, 0.6) is 5.75 Å². The summed E-state index contributed by atoms with van der Waals surface area (Å²) in [6.07, 6.45) is 1.41. The number of hydrogen-bond acceptors (Lipinski definition) is 4. The molecule has 0 N–H and O–H groups in total. The van der Waals surface area contributed by atoms with Crippen LogP contribution in [0.25, 0.3) is 0 Å². The highest BCUT2D eigenvalue weighted by atomic mass is 35.5. The molecule has 1 aromatic rings. The van der Waals surface area contributed by atoms with Gasteiger partial charge in [0, 0.05) is 11.5 Å². The number of rotatable bonds is 3. The molecule has 0 radical (unpaired) electrons. The minimum atomic E-state index is -0.311. The minimum absolute atomic E-state index is 0.0340. The number of esters is 1. The lowest BCUT2D eigenvalue weighted by Gasteiger charge is -2.24. The summed E-state index contributed by atoms with van der Waals surface area (Å²) in [4.78, 5) is 23.9. The SMILES string of the molecule is COC(=O)[C@H]1C[C@@H]1C(=O)c1cc(Cl)c2c(c1)CC(C)CO2. The second-order valence-corrected chi connectivity index (χ2v) is 6.31. The Labute approximate surface area is 128 Å². The van der Waals surface area contributed by atoms with Crippen LogP contribution in [0, 0.1) is 17.8 Å². The van der Waals surface area contributed by atoms with E-state index in [-0.39, 0.29) is 23.6 Å². The fourth-order valence-corrected chi connectivity index (χ4v) is 3.17. The highest BCUT2D eigenvalue weighted by Gasteiger charge is 2.49. The van der Waals surface area contributed by atoms with Gasteiger partial charge in [-0.05, 0) is 36.5 Å². The fraction of sp³-hybridized carbons (Fsp3) is 0.500. The molecule has 0 amide bonds. The summed E-state index contributed by atoms with van der Waals surface area (Å²) in [5.41, 5.74) is 1.53. The van der Waals surface area contributed by atoms with Gasteiger partial charge in [-0.3, -0.25) is 9.59 Å². The molecule has 3 atom stereocenters. The lowest BCUT2D eigenvalue weighted by Crippen LogP contribution is -2.19. The second kappa shape index (κ2) is 5.34. The average molecular weight is 309 g/mol. The minimum Gasteiger partial charge on any atom is -0.491 e. The molecule has 0 spiro atoms. The molecule has 21 heavy (non-hydrogen) atoms. The van der Waals surface area contributed by atoms with E-state index >= 15 is 0 Å². The Balaban J connectivity index is 1.84. The number of benzene rings is 1. The summed E-state index contributed by atoms with van der Waals surface area (Å²) in [5, 5.41) is 0.470. The van der Waals surface area contributed by atoms with Crippen LogP contribution in [0.4, 0.5) is 0 Å². The normalized spacial score (nSPS) is 26.5. The Morgan fingerprint density at radius 3 is 2.81 bits per heavy atom.